The zero-order valence-electron chi connectivity index (χ0n) is 12.7. The zero-order valence-corrected chi connectivity index (χ0v) is 13.6. The first kappa shape index (κ1) is 17.2. The average molecular weight is 290 g/mol. The van der Waals surface area contributed by atoms with Crippen molar-refractivity contribution in [2.75, 3.05) is 19.4 Å². The van der Waals surface area contributed by atoms with Crippen LogP contribution in [0.1, 0.15) is 71.6 Å². The van der Waals surface area contributed by atoms with E-state index in [9.17, 15) is 4.57 Å². The summed E-state index contributed by atoms with van der Waals surface area (Å²) in [5, 5.41) is 0. The molecule has 0 heterocycles. The molecule has 0 N–H and O–H groups in total. The van der Waals surface area contributed by atoms with Gasteiger partial charge in [0.2, 0.25) is 0 Å². The Bertz CT molecular complexity index is 262. The second-order valence-electron chi connectivity index (χ2n) is 5.67. The van der Waals surface area contributed by atoms with Crippen molar-refractivity contribution < 1.29 is 13.6 Å². The predicted molar refractivity (Wildman–Crippen MR) is 80.8 cm³/mol. The normalized spacial score (nSPS) is 20.3. The van der Waals surface area contributed by atoms with Crippen LogP contribution in [0.5, 0.6) is 0 Å². The SMILES string of the molecule is CCCCOP(=O)(CCCC)OCC1CCCCC1. The lowest BCUT2D eigenvalue weighted by molar-refractivity contribution is 0.159. The molecule has 19 heavy (non-hydrogen) atoms. The third-order valence-corrected chi connectivity index (χ3v) is 5.79. The van der Waals surface area contributed by atoms with Crippen molar-refractivity contribution in [2.45, 2.75) is 71.6 Å². The van der Waals surface area contributed by atoms with Crippen LogP contribution in [-0.4, -0.2) is 19.4 Å². The van der Waals surface area contributed by atoms with Gasteiger partial charge in [0.15, 0.2) is 0 Å². The Labute approximate surface area is 119 Å². The molecule has 0 radical (unpaired) electrons. The molecule has 1 aliphatic rings. The summed E-state index contributed by atoms with van der Waals surface area (Å²) in [7, 11) is -2.83. The molecular weight excluding hydrogens is 259 g/mol. The smallest absolute Gasteiger partial charge is 0.309 e. The molecule has 0 aromatic rings. The molecule has 1 atom stereocenters. The molecule has 1 aliphatic carbocycles. The minimum Gasteiger partial charge on any atom is -0.309 e. The molecule has 0 saturated heterocycles. The summed E-state index contributed by atoms with van der Waals surface area (Å²) in [5.74, 6) is 0.596. The predicted octanol–water partition coefficient (Wildman–Crippen LogP) is 5.39. The van der Waals surface area contributed by atoms with Crippen LogP contribution >= 0.6 is 7.60 Å². The molecule has 4 heteroatoms. The van der Waals surface area contributed by atoms with Crippen LogP contribution in [0.4, 0.5) is 0 Å². The summed E-state index contributed by atoms with van der Waals surface area (Å²) in [6.45, 7) is 5.43. The number of rotatable bonds is 10. The Morgan fingerprint density at radius 3 is 2.32 bits per heavy atom. The van der Waals surface area contributed by atoms with Crippen LogP contribution in [0, 0.1) is 5.92 Å². The molecule has 0 amide bonds. The fourth-order valence-corrected chi connectivity index (χ4v) is 4.32. The molecule has 0 aromatic heterocycles. The van der Waals surface area contributed by atoms with Gasteiger partial charge in [0, 0.05) is 0 Å². The highest BCUT2D eigenvalue weighted by Gasteiger charge is 2.26. The van der Waals surface area contributed by atoms with E-state index in [1.54, 1.807) is 0 Å². The van der Waals surface area contributed by atoms with Crippen molar-refractivity contribution in [2.24, 2.45) is 5.92 Å². The molecule has 0 bridgehead atoms. The summed E-state index contributed by atoms with van der Waals surface area (Å²) in [6.07, 6.45) is 11.0. The Hall–Kier alpha value is 0.150. The van der Waals surface area contributed by atoms with E-state index in [0.717, 1.165) is 25.7 Å². The second-order valence-corrected chi connectivity index (χ2v) is 7.86. The third kappa shape index (κ3) is 7.48. The van der Waals surface area contributed by atoms with Crippen molar-refractivity contribution in [3.63, 3.8) is 0 Å². The number of hydrogen-bond acceptors (Lipinski definition) is 3. The minimum absolute atomic E-state index is 0.572. The van der Waals surface area contributed by atoms with Crippen LogP contribution in [0.25, 0.3) is 0 Å². The van der Waals surface area contributed by atoms with Crippen molar-refractivity contribution in [1.29, 1.82) is 0 Å². The van der Waals surface area contributed by atoms with Crippen LogP contribution < -0.4 is 0 Å². The van der Waals surface area contributed by atoms with E-state index in [2.05, 4.69) is 13.8 Å². The summed E-state index contributed by atoms with van der Waals surface area (Å²) < 4.78 is 24.0. The van der Waals surface area contributed by atoms with Crippen LogP contribution in [0.15, 0.2) is 0 Å². The average Bonchev–Trinajstić information content (AvgIpc) is 2.45. The van der Waals surface area contributed by atoms with Crippen LogP contribution in [0.3, 0.4) is 0 Å². The van der Waals surface area contributed by atoms with Crippen LogP contribution in [-0.2, 0) is 13.6 Å². The highest BCUT2D eigenvalue weighted by Crippen LogP contribution is 2.50. The van der Waals surface area contributed by atoms with E-state index >= 15 is 0 Å². The molecule has 1 unspecified atom stereocenters. The number of hydrogen-bond donors (Lipinski definition) is 0. The van der Waals surface area contributed by atoms with Crippen molar-refractivity contribution in [1.82, 2.24) is 0 Å². The quantitative estimate of drug-likeness (QED) is 0.399. The van der Waals surface area contributed by atoms with E-state index in [0.29, 0.717) is 25.3 Å². The summed E-state index contributed by atoms with van der Waals surface area (Å²) in [5.41, 5.74) is 0. The first-order valence-electron chi connectivity index (χ1n) is 8.08. The first-order valence-corrected chi connectivity index (χ1v) is 9.81. The summed E-state index contributed by atoms with van der Waals surface area (Å²) >= 11 is 0. The lowest BCUT2D eigenvalue weighted by Crippen LogP contribution is -2.14. The molecular formula is C15H31O3P. The maximum absolute atomic E-state index is 12.6. The van der Waals surface area contributed by atoms with Gasteiger partial charge in [0.25, 0.3) is 0 Å². The minimum atomic E-state index is -2.83. The van der Waals surface area contributed by atoms with E-state index in [4.69, 9.17) is 9.05 Å². The number of unbranched alkanes of at least 4 members (excludes halogenated alkanes) is 2. The summed E-state index contributed by atoms with van der Waals surface area (Å²) in [4.78, 5) is 0. The maximum atomic E-state index is 12.6. The molecule has 3 nitrogen and oxygen atoms in total. The first-order chi connectivity index (χ1) is 9.20. The van der Waals surface area contributed by atoms with Crippen LogP contribution in [0.2, 0.25) is 0 Å². The largest absolute Gasteiger partial charge is 0.330 e. The van der Waals surface area contributed by atoms with E-state index in [1.807, 2.05) is 0 Å². The molecule has 1 saturated carbocycles. The van der Waals surface area contributed by atoms with Crippen molar-refractivity contribution >= 4 is 7.60 Å². The lowest BCUT2D eigenvalue weighted by Gasteiger charge is -2.24. The Kier molecular flexibility index (Phi) is 9.02. The van der Waals surface area contributed by atoms with Gasteiger partial charge in [-0.2, -0.15) is 0 Å². The Morgan fingerprint density at radius 1 is 1.00 bits per heavy atom. The van der Waals surface area contributed by atoms with Gasteiger partial charge in [0.1, 0.15) is 0 Å². The van der Waals surface area contributed by atoms with Gasteiger partial charge in [-0.05, 0) is 31.6 Å². The molecule has 1 fully saturated rings. The summed E-state index contributed by atoms with van der Waals surface area (Å²) in [6, 6.07) is 0. The fraction of sp³-hybridized carbons (Fsp3) is 1.00. The Balaban J connectivity index is 2.35. The zero-order chi connectivity index (χ0) is 14.0. The van der Waals surface area contributed by atoms with Gasteiger partial charge < -0.3 is 9.05 Å². The molecule has 0 aromatic carbocycles. The fourth-order valence-electron chi connectivity index (χ4n) is 2.44. The molecule has 1 rings (SSSR count). The monoisotopic (exact) mass is 290 g/mol. The van der Waals surface area contributed by atoms with Gasteiger partial charge >= 0.3 is 7.60 Å². The molecule has 114 valence electrons. The van der Waals surface area contributed by atoms with Gasteiger partial charge in [-0.15, -0.1) is 0 Å². The standard InChI is InChI=1S/C15H31O3P/c1-3-5-12-17-19(16,13-6-4-2)18-14-15-10-8-7-9-11-15/h15H,3-14H2,1-2H3. The molecule has 0 aliphatic heterocycles. The topological polar surface area (TPSA) is 35.5 Å². The van der Waals surface area contributed by atoms with Gasteiger partial charge in [-0.25, -0.2) is 0 Å². The lowest BCUT2D eigenvalue weighted by atomic mass is 9.90. The molecule has 0 spiro atoms. The maximum Gasteiger partial charge on any atom is 0.330 e. The highest BCUT2D eigenvalue weighted by molar-refractivity contribution is 7.53. The second kappa shape index (κ2) is 9.96. The Morgan fingerprint density at radius 2 is 1.68 bits per heavy atom. The van der Waals surface area contributed by atoms with E-state index in [-0.39, 0.29) is 0 Å². The van der Waals surface area contributed by atoms with Gasteiger partial charge in [-0.3, -0.25) is 4.57 Å². The van der Waals surface area contributed by atoms with Gasteiger partial charge in [-0.1, -0.05) is 46.0 Å². The van der Waals surface area contributed by atoms with E-state index in [1.165, 1.54) is 32.1 Å². The van der Waals surface area contributed by atoms with Crippen molar-refractivity contribution in [3.8, 4) is 0 Å². The van der Waals surface area contributed by atoms with Gasteiger partial charge in [0.05, 0.1) is 19.4 Å². The van der Waals surface area contributed by atoms with Crippen molar-refractivity contribution in [3.05, 3.63) is 0 Å². The van der Waals surface area contributed by atoms with E-state index < -0.39 is 7.60 Å². The third-order valence-electron chi connectivity index (χ3n) is 3.80. The highest BCUT2D eigenvalue weighted by atomic mass is 31.2.